The summed E-state index contributed by atoms with van der Waals surface area (Å²) in [7, 11) is -7.36. The Morgan fingerprint density at radius 3 is 2.43 bits per heavy atom. The van der Waals surface area contributed by atoms with Crippen molar-refractivity contribution in [3.05, 3.63) is 39.7 Å². The zero-order valence-corrected chi connectivity index (χ0v) is 14.8. The van der Waals surface area contributed by atoms with Gasteiger partial charge in [-0.05, 0) is 17.7 Å². The van der Waals surface area contributed by atoms with E-state index in [0.717, 1.165) is 6.26 Å². The minimum absolute atomic E-state index is 0.164. The molecule has 12 heteroatoms. The standard InChI is InChI=1S/C11H11Cl2N3O5S2/c1-22(17,18)14-5-10-15-16-11(21-10)23(19,20)6-7-2-3-8(12)9(13)4-7/h2-4,14H,5-6H2,1H3. The Kier molecular flexibility index (Phi) is 5.31. The first kappa shape index (κ1) is 18.1. The minimum atomic E-state index is -3.90. The summed E-state index contributed by atoms with van der Waals surface area (Å²) in [5, 5.41) is 6.84. The van der Waals surface area contributed by atoms with Gasteiger partial charge in [0.05, 0.1) is 28.6 Å². The highest BCUT2D eigenvalue weighted by molar-refractivity contribution is 7.90. The Morgan fingerprint density at radius 2 is 1.83 bits per heavy atom. The zero-order chi connectivity index (χ0) is 17.3. The maximum Gasteiger partial charge on any atom is 0.335 e. The first-order valence-electron chi connectivity index (χ1n) is 6.00. The zero-order valence-electron chi connectivity index (χ0n) is 11.7. The Morgan fingerprint density at radius 1 is 1.13 bits per heavy atom. The summed E-state index contributed by atoms with van der Waals surface area (Å²) >= 11 is 11.6. The van der Waals surface area contributed by atoms with Crippen LogP contribution in [0.25, 0.3) is 0 Å². The van der Waals surface area contributed by atoms with Crippen LogP contribution in [0.5, 0.6) is 0 Å². The topological polar surface area (TPSA) is 119 Å². The summed E-state index contributed by atoms with van der Waals surface area (Å²) in [4.78, 5) is 0. The molecule has 0 radical (unpaired) electrons. The van der Waals surface area contributed by atoms with Crippen molar-refractivity contribution in [1.29, 1.82) is 0 Å². The normalized spacial score (nSPS) is 12.5. The lowest BCUT2D eigenvalue weighted by molar-refractivity contribution is 0.393. The van der Waals surface area contributed by atoms with E-state index >= 15 is 0 Å². The van der Waals surface area contributed by atoms with E-state index in [1.807, 2.05) is 0 Å². The molecule has 2 rings (SSSR count). The number of halogens is 2. The molecule has 0 saturated heterocycles. The van der Waals surface area contributed by atoms with E-state index in [-0.39, 0.29) is 17.5 Å². The van der Waals surface area contributed by atoms with Crippen LogP contribution < -0.4 is 4.72 Å². The van der Waals surface area contributed by atoms with Gasteiger partial charge in [-0.3, -0.25) is 0 Å². The largest absolute Gasteiger partial charge is 0.411 e. The summed E-state index contributed by atoms with van der Waals surface area (Å²) in [5.41, 5.74) is 0.397. The van der Waals surface area contributed by atoms with Gasteiger partial charge in [0.15, 0.2) is 0 Å². The lowest BCUT2D eigenvalue weighted by atomic mass is 10.2. The van der Waals surface area contributed by atoms with Gasteiger partial charge in [-0.2, -0.15) is 0 Å². The molecule has 1 aromatic heterocycles. The Balaban J connectivity index is 2.16. The molecule has 8 nitrogen and oxygen atoms in total. The predicted octanol–water partition coefficient (Wildman–Crippen LogP) is 1.40. The quantitative estimate of drug-likeness (QED) is 0.778. The smallest absolute Gasteiger partial charge is 0.335 e. The van der Waals surface area contributed by atoms with E-state index in [2.05, 4.69) is 14.9 Å². The molecule has 2 aromatic rings. The Labute approximate surface area is 142 Å². The molecule has 0 amide bonds. The van der Waals surface area contributed by atoms with Gasteiger partial charge in [-0.15, -0.1) is 5.10 Å². The van der Waals surface area contributed by atoms with Crippen LogP contribution in [0.1, 0.15) is 11.5 Å². The molecule has 0 bridgehead atoms. The number of nitrogens with one attached hydrogen (secondary N) is 1. The van der Waals surface area contributed by atoms with Gasteiger partial charge in [0.2, 0.25) is 25.8 Å². The number of sulfonamides is 1. The number of nitrogens with zero attached hydrogens (tertiary/aromatic N) is 2. The molecule has 0 saturated carbocycles. The molecule has 0 aliphatic rings. The highest BCUT2D eigenvalue weighted by Crippen LogP contribution is 2.24. The molecule has 1 heterocycles. The van der Waals surface area contributed by atoms with E-state index in [0.29, 0.717) is 10.6 Å². The van der Waals surface area contributed by atoms with Crippen LogP contribution in [0.4, 0.5) is 0 Å². The lowest BCUT2D eigenvalue weighted by Gasteiger charge is -2.02. The average molecular weight is 400 g/mol. The van der Waals surface area contributed by atoms with Gasteiger partial charge >= 0.3 is 5.22 Å². The third-order valence-corrected chi connectivity index (χ3v) is 5.36. The Bertz CT molecular complexity index is 925. The van der Waals surface area contributed by atoms with Crippen LogP contribution in [-0.4, -0.2) is 33.3 Å². The molecular weight excluding hydrogens is 389 g/mol. The molecule has 1 N–H and O–H groups in total. The van der Waals surface area contributed by atoms with Crippen molar-refractivity contribution in [3.8, 4) is 0 Å². The van der Waals surface area contributed by atoms with Crippen LogP contribution >= 0.6 is 23.2 Å². The van der Waals surface area contributed by atoms with E-state index < -0.39 is 30.8 Å². The summed E-state index contributed by atoms with van der Waals surface area (Å²) < 4.78 is 53.4. The van der Waals surface area contributed by atoms with Crippen LogP contribution in [-0.2, 0) is 32.2 Å². The van der Waals surface area contributed by atoms with Gasteiger partial charge < -0.3 is 4.42 Å². The number of sulfone groups is 1. The van der Waals surface area contributed by atoms with E-state index in [1.54, 1.807) is 0 Å². The van der Waals surface area contributed by atoms with E-state index in [9.17, 15) is 16.8 Å². The van der Waals surface area contributed by atoms with Crippen LogP contribution in [0, 0.1) is 0 Å². The third-order valence-electron chi connectivity index (χ3n) is 2.54. The van der Waals surface area contributed by atoms with Crippen molar-refractivity contribution < 1.29 is 21.3 Å². The third kappa shape index (κ3) is 5.15. The Hall–Kier alpha value is -1.20. The highest BCUT2D eigenvalue weighted by atomic mass is 35.5. The van der Waals surface area contributed by atoms with Crippen LogP contribution in [0.2, 0.25) is 10.0 Å². The number of rotatable bonds is 6. The molecule has 1 aromatic carbocycles. The van der Waals surface area contributed by atoms with Gasteiger partial charge in [0.1, 0.15) is 0 Å². The highest BCUT2D eigenvalue weighted by Gasteiger charge is 2.23. The summed E-state index contributed by atoms with van der Waals surface area (Å²) in [6.07, 6.45) is 0.950. The predicted molar refractivity (Wildman–Crippen MR) is 83.3 cm³/mol. The van der Waals surface area contributed by atoms with Crippen molar-refractivity contribution >= 4 is 43.1 Å². The van der Waals surface area contributed by atoms with Gasteiger partial charge in [-0.25, -0.2) is 21.6 Å². The fraction of sp³-hybridized carbons (Fsp3) is 0.273. The molecule has 0 aliphatic carbocycles. The fourth-order valence-corrected chi connectivity index (χ4v) is 3.38. The van der Waals surface area contributed by atoms with Crippen molar-refractivity contribution in [2.75, 3.05) is 6.26 Å². The summed E-state index contributed by atoms with van der Waals surface area (Å²) in [6, 6.07) is 4.40. The molecule has 0 aliphatic heterocycles. The number of hydrogen-bond acceptors (Lipinski definition) is 7. The second-order valence-corrected chi connectivity index (χ2v) is 9.08. The minimum Gasteiger partial charge on any atom is -0.411 e. The lowest BCUT2D eigenvalue weighted by Crippen LogP contribution is -2.21. The fourth-order valence-electron chi connectivity index (χ4n) is 1.54. The first-order valence-corrected chi connectivity index (χ1v) is 10.3. The molecule has 126 valence electrons. The van der Waals surface area contributed by atoms with Crippen LogP contribution in [0.3, 0.4) is 0 Å². The summed E-state index contributed by atoms with van der Waals surface area (Å²) in [5.74, 6) is -0.575. The van der Waals surface area contributed by atoms with Crippen molar-refractivity contribution in [2.24, 2.45) is 0 Å². The van der Waals surface area contributed by atoms with Crippen molar-refractivity contribution in [3.63, 3.8) is 0 Å². The molecule has 0 spiro atoms. The SMILES string of the molecule is CS(=O)(=O)NCc1nnc(S(=O)(=O)Cc2ccc(Cl)c(Cl)c2)o1. The molecule has 0 atom stereocenters. The average Bonchev–Trinajstić information content (AvgIpc) is 2.89. The second kappa shape index (κ2) is 6.73. The number of benzene rings is 1. The summed E-state index contributed by atoms with van der Waals surface area (Å²) in [6.45, 7) is -0.297. The number of aromatic nitrogens is 2. The van der Waals surface area contributed by atoms with Crippen molar-refractivity contribution in [2.45, 2.75) is 17.5 Å². The van der Waals surface area contributed by atoms with E-state index in [4.69, 9.17) is 27.6 Å². The molecule has 0 unspecified atom stereocenters. The molecule has 0 fully saturated rings. The van der Waals surface area contributed by atoms with Gasteiger partial charge in [0, 0.05) is 0 Å². The number of hydrogen-bond donors (Lipinski definition) is 1. The molecular formula is C11H11Cl2N3O5S2. The van der Waals surface area contributed by atoms with Crippen molar-refractivity contribution in [1.82, 2.24) is 14.9 Å². The van der Waals surface area contributed by atoms with E-state index in [1.165, 1.54) is 18.2 Å². The maximum atomic E-state index is 12.2. The van der Waals surface area contributed by atoms with Gasteiger partial charge in [-0.1, -0.05) is 34.4 Å². The maximum absolute atomic E-state index is 12.2. The first-order chi connectivity index (χ1) is 10.6. The van der Waals surface area contributed by atoms with Gasteiger partial charge in [0.25, 0.3) is 0 Å². The monoisotopic (exact) mass is 399 g/mol. The molecule has 23 heavy (non-hydrogen) atoms. The second-order valence-electron chi connectivity index (χ2n) is 4.56. The van der Waals surface area contributed by atoms with Crippen LogP contribution in [0.15, 0.2) is 27.8 Å².